The first kappa shape index (κ1) is 16.0. The van der Waals surface area contributed by atoms with Crippen molar-refractivity contribution in [3.63, 3.8) is 0 Å². The molecule has 1 aliphatic heterocycles. The molecule has 2 aromatic rings. The topological polar surface area (TPSA) is 49.4 Å². The number of hydrogen-bond acceptors (Lipinski definition) is 2. The van der Waals surface area contributed by atoms with Crippen LogP contribution in [0.5, 0.6) is 0 Å². The summed E-state index contributed by atoms with van der Waals surface area (Å²) in [5, 5.41) is 2.91. The van der Waals surface area contributed by atoms with E-state index < -0.39 is 0 Å². The maximum Gasteiger partial charge on any atom is 0.251 e. The van der Waals surface area contributed by atoms with Crippen LogP contribution in [0.15, 0.2) is 48.5 Å². The smallest absolute Gasteiger partial charge is 0.251 e. The van der Waals surface area contributed by atoms with Crippen LogP contribution in [0.2, 0.25) is 0 Å². The largest absolute Gasteiger partial charge is 0.348 e. The lowest BCUT2D eigenvalue weighted by Crippen LogP contribution is -2.24. The number of nitrogens with zero attached hydrogens (tertiary/aromatic N) is 1. The van der Waals surface area contributed by atoms with Crippen molar-refractivity contribution in [3.8, 4) is 0 Å². The standard InChI is InChI=1S/C18H17IN2O2/c19-15-7-5-14(6-8-15)18(23)20-12-13-3-9-16(10-4-13)21-11-1-2-17(21)22/h3-10H,1-2,11-12H2,(H,20,23). The predicted molar refractivity (Wildman–Crippen MR) is 98.4 cm³/mol. The van der Waals surface area contributed by atoms with Gasteiger partial charge in [0.2, 0.25) is 5.91 Å². The van der Waals surface area contributed by atoms with Crippen LogP contribution in [0.4, 0.5) is 5.69 Å². The zero-order valence-electron chi connectivity index (χ0n) is 12.6. The maximum atomic E-state index is 12.1. The summed E-state index contributed by atoms with van der Waals surface area (Å²) in [4.78, 5) is 25.6. The second-order valence-corrected chi connectivity index (χ2v) is 6.75. The molecule has 4 nitrogen and oxygen atoms in total. The highest BCUT2D eigenvalue weighted by molar-refractivity contribution is 14.1. The number of halogens is 1. The normalized spacial score (nSPS) is 14.1. The Balaban J connectivity index is 1.59. The highest BCUT2D eigenvalue weighted by Gasteiger charge is 2.21. The lowest BCUT2D eigenvalue weighted by molar-refractivity contribution is -0.117. The van der Waals surface area contributed by atoms with E-state index in [1.165, 1.54) is 0 Å². The summed E-state index contributed by atoms with van der Waals surface area (Å²) in [7, 11) is 0. The van der Waals surface area contributed by atoms with E-state index in [1.54, 1.807) is 0 Å². The monoisotopic (exact) mass is 420 g/mol. The van der Waals surface area contributed by atoms with Gasteiger partial charge in [0.1, 0.15) is 0 Å². The zero-order valence-corrected chi connectivity index (χ0v) is 14.7. The van der Waals surface area contributed by atoms with Gasteiger partial charge in [-0.3, -0.25) is 9.59 Å². The van der Waals surface area contributed by atoms with E-state index in [0.717, 1.165) is 27.8 Å². The Labute approximate surface area is 149 Å². The lowest BCUT2D eigenvalue weighted by Gasteiger charge is -2.16. The number of hydrogen-bond donors (Lipinski definition) is 1. The predicted octanol–water partition coefficient (Wildman–Crippen LogP) is 3.35. The summed E-state index contributed by atoms with van der Waals surface area (Å²) in [5.41, 5.74) is 2.60. The zero-order chi connectivity index (χ0) is 16.2. The molecule has 2 aromatic carbocycles. The van der Waals surface area contributed by atoms with Gasteiger partial charge in [-0.2, -0.15) is 0 Å². The van der Waals surface area contributed by atoms with E-state index >= 15 is 0 Å². The number of benzene rings is 2. The van der Waals surface area contributed by atoms with Crippen molar-refractivity contribution in [2.45, 2.75) is 19.4 Å². The van der Waals surface area contributed by atoms with Crippen molar-refractivity contribution in [1.82, 2.24) is 5.32 Å². The number of rotatable bonds is 4. The Kier molecular flexibility index (Phi) is 4.95. The minimum Gasteiger partial charge on any atom is -0.348 e. The summed E-state index contributed by atoms with van der Waals surface area (Å²) < 4.78 is 1.10. The molecule has 2 amide bonds. The third kappa shape index (κ3) is 3.90. The first-order valence-electron chi connectivity index (χ1n) is 7.56. The van der Waals surface area contributed by atoms with Crippen molar-refractivity contribution >= 4 is 40.1 Å². The molecular weight excluding hydrogens is 403 g/mol. The number of amides is 2. The van der Waals surface area contributed by atoms with Gasteiger partial charge in [-0.05, 0) is 71.0 Å². The Morgan fingerprint density at radius 3 is 2.39 bits per heavy atom. The minimum absolute atomic E-state index is 0.0832. The second-order valence-electron chi connectivity index (χ2n) is 5.50. The van der Waals surface area contributed by atoms with Crippen LogP contribution in [0.25, 0.3) is 0 Å². The van der Waals surface area contributed by atoms with E-state index in [9.17, 15) is 9.59 Å². The fourth-order valence-corrected chi connectivity index (χ4v) is 2.96. The van der Waals surface area contributed by atoms with Gasteiger partial charge < -0.3 is 10.2 Å². The number of carbonyl (C=O) groups excluding carboxylic acids is 2. The third-order valence-corrected chi connectivity index (χ3v) is 4.60. The highest BCUT2D eigenvalue weighted by Crippen LogP contribution is 2.21. The van der Waals surface area contributed by atoms with E-state index in [2.05, 4.69) is 27.9 Å². The average Bonchev–Trinajstić information content (AvgIpc) is 3.00. The maximum absolute atomic E-state index is 12.1. The quantitative estimate of drug-likeness (QED) is 0.772. The molecule has 3 rings (SSSR count). The molecule has 0 unspecified atom stereocenters. The fraction of sp³-hybridized carbons (Fsp3) is 0.222. The number of carbonyl (C=O) groups is 2. The molecule has 118 valence electrons. The van der Waals surface area contributed by atoms with Gasteiger partial charge in [0.15, 0.2) is 0 Å². The van der Waals surface area contributed by atoms with Gasteiger partial charge in [-0.15, -0.1) is 0 Å². The first-order valence-corrected chi connectivity index (χ1v) is 8.64. The van der Waals surface area contributed by atoms with Crippen LogP contribution >= 0.6 is 22.6 Å². The molecular formula is C18H17IN2O2. The van der Waals surface area contributed by atoms with Crippen LogP contribution < -0.4 is 10.2 Å². The summed E-state index contributed by atoms with van der Waals surface area (Å²) in [6.07, 6.45) is 1.56. The molecule has 1 aliphatic rings. The molecule has 0 aromatic heterocycles. The lowest BCUT2D eigenvalue weighted by atomic mass is 10.1. The Morgan fingerprint density at radius 2 is 1.78 bits per heavy atom. The highest BCUT2D eigenvalue weighted by atomic mass is 127. The average molecular weight is 420 g/mol. The van der Waals surface area contributed by atoms with Gasteiger partial charge in [0.05, 0.1) is 0 Å². The number of nitrogens with one attached hydrogen (secondary N) is 1. The third-order valence-electron chi connectivity index (χ3n) is 3.88. The summed E-state index contributed by atoms with van der Waals surface area (Å²) in [6, 6.07) is 15.3. The van der Waals surface area contributed by atoms with Crippen molar-refractivity contribution in [3.05, 3.63) is 63.2 Å². The van der Waals surface area contributed by atoms with Crippen LogP contribution in [0, 0.1) is 3.57 Å². The SMILES string of the molecule is O=C(NCc1ccc(N2CCCC2=O)cc1)c1ccc(I)cc1. The van der Waals surface area contributed by atoms with Gasteiger partial charge in [0.25, 0.3) is 5.91 Å². The van der Waals surface area contributed by atoms with Gasteiger partial charge in [-0.1, -0.05) is 12.1 Å². The van der Waals surface area contributed by atoms with E-state index in [4.69, 9.17) is 0 Å². The molecule has 0 radical (unpaired) electrons. The molecule has 1 saturated heterocycles. The minimum atomic E-state index is -0.0832. The van der Waals surface area contributed by atoms with Crippen LogP contribution in [-0.2, 0) is 11.3 Å². The van der Waals surface area contributed by atoms with Crippen LogP contribution in [-0.4, -0.2) is 18.4 Å². The van der Waals surface area contributed by atoms with Gasteiger partial charge in [-0.25, -0.2) is 0 Å². The van der Waals surface area contributed by atoms with E-state index in [-0.39, 0.29) is 11.8 Å². The summed E-state index contributed by atoms with van der Waals surface area (Å²) in [5.74, 6) is 0.102. The molecule has 0 spiro atoms. The molecule has 1 N–H and O–H groups in total. The van der Waals surface area contributed by atoms with Gasteiger partial charge >= 0.3 is 0 Å². The molecule has 5 heteroatoms. The molecule has 0 aliphatic carbocycles. The van der Waals surface area contributed by atoms with Crippen molar-refractivity contribution < 1.29 is 9.59 Å². The Hall–Kier alpha value is -1.89. The second kappa shape index (κ2) is 7.12. The van der Waals surface area contributed by atoms with Gasteiger partial charge in [0, 0.05) is 34.3 Å². The van der Waals surface area contributed by atoms with Crippen LogP contribution in [0.1, 0.15) is 28.8 Å². The molecule has 23 heavy (non-hydrogen) atoms. The molecule has 0 saturated carbocycles. The van der Waals surface area contributed by atoms with Crippen molar-refractivity contribution in [2.24, 2.45) is 0 Å². The molecule has 0 bridgehead atoms. The fourth-order valence-electron chi connectivity index (χ4n) is 2.60. The molecule has 1 heterocycles. The van der Waals surface area contributed by atoms with E-state index in [1.807, 2.05) is 53.4 Å². The first-order chi connectivity index (χ1) is 11.1. The Bertz CT molecular complexity index is 711. The Morgan fingerprint density at radius 1 is 1.09 bits per heavy atom. The van der Waals surface area contributed by atoms with Crippen molar-refractivity contribution in [1.29, 1.82) is 0 Å². The van der Waals surface area contributed by atoms with E-state index in [0.29, 0.717) is 18.5 Å². The number of anilines is 1. The van der Waals surface area contributed by atoms with Crippen molar-refractivity contribution in [2.75, 3.05) is 11.4 Å². The molecule has 0 atom stereocenters. The summed E-state index contributed by atoms with van der Waals surface area (Å²) in [6.45, 7) is 1.26. The van der Waals surface area contributed by atoms with Crippen LogP contribution in [0.3, 0.4) is 0 Å². The molecule has 1 fully saturated rings. The summed E-state index contributed by atoms with van der Waals surface area (Å²) >= 11 is 2.21.